The van der Waals surface area contributed by atoms with Crippen LogP contribution in [-0.2, 0) is 0 Å². The molecule has 4 nitrogen and oxygen atoms in total. The maximum atomic E-state index is 10.5. The fourth-order valence-corrected chi connectivity index (χ4v) is 1.38. The lowest BCUT2D eigenvalue weighted by atomic mass is 10.2. The molecule has 0 aromatic heterocycles. The van der Waals surface area contributed by atoms with Gasteiger partial charge in [0.15, 0.2) is 0 Å². The van der Waals surface area contributed by atoms with Gasteiger partial charge in [-0.15, -0.1) is 0 Å². The molecule has 0 bridgehead atoms. The third-order valence-corrected chi connectivity index (χ3v) is 2.38. The van der Waals surface area contributed by atoms with Crippen molar-refractivity contribution in [2.75, 3.05) is 7.11 Å². The molecule has 0 N–H and O–H groups in total. The van der Waals surface area contributed by atoms with Crippen LogP contribution in [0.15, 0.2) is 58.8 Å². The topological polar surface area (TPSA) is 51.0 Å². The van der Waals surface area contributed by atoms with Crippen molar-refractivity contribution >= 4 is 17.7 Å². The number of carbonyl (C=O) groups excluding carboxylic acids is 1. The van der Waals surface area contributed by atoms with Crippen LogP contribution in [0.3, 0.4) is 0 Å². The van der Waals surface area contributed by atoms with E-state index in [1.807, 2.05) is 24.3 Å². The number of nitrogens with zero attached hydrogens (tertiary/aromatic N) is 2. The van der Waals surface area contributed by atoms with E-state index in [0.717, 1.165) is 17.7 Å². The molecule has 18 heavy (non-hydrogen) atoms. The second-order valence-electron chi connectivity index (χ2n) is 3.61. The monoisotopic (exact) mass is 240 g/mol. The predicted octanol–water partition coefficient (Wildman–Crippen LogP) is 3.92. The van der Waals surface area contributed by atoms with Crippen LogP contribution in [-0.4, -0.2) is 13.4 Å². The van der Waals surface area contributed by atoms with Gasteiger partial charge < -0.3 is 4.74 Å². The third-order valence-electron chi connectivity index (χ3n) is 2.38. The Morgan fingerprint density at radius 1 is 0.889 bits per heavy atom. The van der Waals surface area contributed by atoms with Crippen molar-refractivity contribution in [3.05, 3.63) is 54.1 Å². The second-order valence-corrected chi connectivity index (χ2v) is 3.61. The first-order valence-electron chi connectivity index (χ1n) is 5.43. The Morgan fingerprint density at radius 3 is 1.83 bits per heavy atom. The van der Waals surface area contributed by atoms with Gasteiger partial charge in [0.25, 0.3) is 0 Å². The van der Waals surface area contributed by atoms with Crippen molar-refractivity contribution < 1.29 is 9.53 Å². The smallest absolute Gasteiger partial charge is 0.150 e. The summed E-state index contributed by atoms with van der Waals surface area (Å²) in [5.74, 6) is 0.782. The van der Waals surface area contributed by atoms with Gasteiger partial charge in [-0.25, -0.2) is 0 Å². The average molecular weight is 240 g/mol. The van der Waals surface area contributed by atoms with E-state index in [1.165, 1.54) is 0 Å². The van der Waals surface area contributed by atoms with Gasteiger partial charge in [-0.3, -0.25) is 4.79 Å². The number of methoxy groups -OCH3 is 1. The van der Waals surface area contributed by atoms with Gasteiger partial charge in [-0.2, -0.15) is 10.2 Å². The molecule has 0 atom stereocenters. The van der Waals surface area contributed by atoms with Crippen LogP contribution < -0.4 is 4.74 Å². The van der Waals surface area contributed by atoms with Crippen LogP contribution in [0.1, 0.15) is 10.4 Å². The van der Waals surface area contributed by atoms with Crippen LogP contribution in [0.4, 0.5) is 11.4 Å². The van der Waals surface area contributed by atoms with Crippen LogP contribution in [0, 0.1) is 0 Å². The summed E-state index contributed by atoms with van der Waals surface area (Å²) in [6, 6.07) is 14.2. The SMILES string of the molecule is COc1ccc(N=Nc2ccc(C=O)cc2)cc1. The minimum Gasteiger partial charge on any atom is -0.497 e. The summed E-state index contributed by atoms with van der Waals surface area (Å²) in [4.78, 5) is 10.5. The predicted molar refractivity (Wildman–Crippen MR) is 69.0 cm³/mol. The number of aldehydes is 1. The Bertz CT molecular complexity index is 545. The molecule has 0 unspecified atom stereocenters. The number of azo groups is 1. The van der Waals surface area contributed by atoms with E-state index in [0.29, 0.717) is 11.3 Å². The zero-order chi connectivity index (χ0) is 12.8. The van der Waals surface area contributed by atoms with Crippen LogP contribution in [0.5, 0.6) is 5.75 Å². The van der Waals surface area contributed by atoms with Crippen molar-refractivity contribution in [1.29, 1.82) is 0 Å². The molecule has 0 aliphatic rings. The van der Waals surface area contributed by atoms with Crippen molar-refractivity contribution in [1.82, 2.24) is 0 Å². The van der Waals surface area contributed by atoms with Crippen LogP contribution >= 0.6 is 0 Å². The van der Waals surface area contributed by atoms with Gasteiger partial charge in [-0.05, 0) is 48.5 Å². The zero-order valence-electron chi connectivity index (χ0n) is 9.91. The highest BCUT2D eigenvalue weighted by atomic mass is 16.5. The molecule has 0 saturated carbocycles. The Balaban J connectivity index is 2.10. The lowest BCUT2D eigenvalue weighted by Crippen LogP contribution is -1.79. The third kappa shape index (κ3) is 3.01. The quantitative estimate of drug-likeness (QED) is 0.600. The lowest BCUT2D eigenvalue weighted by Gasteiger charge is -1.98. The number of rotatable bonds is 4. The molecule has 0 spiro atoms. The maximum Gasteiger partial charge on any atom is 0.150 e. The molecule has 0 aliphatic heterocycles. The Labute approximate surface area is 105 Å². The summed E-state index contributed by atoms with van der Waals surface area (Å²) in [7, 11) is 1.62. The van der Waals surface area contributed by atoms with E-state index in [1.54, 1.807) is 31.4 Å². The van der Waals surface area contributed by atoms with E-state index >= 15 is 0 Å². The molecular formula is C14H12N2O2. The van der Waals surface area contributed by atoms with Crippen molar-refractivity contribution in [3.63, 3.8) is 0 Å². The highest BCUT2D eigenvalue weighted by Gasteiger charge is 1.93. The number of benzene rings is 2. The summed E-state index contributed by atoms with van der Waals surface area (Å²) in [5.41, 5.74) is 2.07. The zero-order valence-corrected chi connectivity index (χ0v) is 9.91. The summed E-state index contributed by atoms with van der Waals surface area (Å²) >= 11 is 0. The molecule has 4 heteroatoms. The summed E-state index contributed by atoms with van der Waals surface area (Å²) in [6.45, 7) is 0. The van der Waals surface area contributed by atoms with Gasteiger partial charge in [0.05, 0.1) is 18.5 Å². The molecule has 0 heterocycles. The molecule has 2 aromatic rings. The highest BCUT2D eigenvalue weighted by Crippen LogP contribution is 2.21. The van der Waals surface area contributed by atoms with Gasteiger partial charge in [0.1, 0.15) is 12.0 Å². The van der Waals surface area contributed by atoms with E-state index in [4.69, 9.17) is 4.74 Å². The highest BCUT2D eigenvalue weighted by molar-refractivity contribution is 5.75. The average Bonchev–Trinajstić information content (AvgIpc) is 2.46. The van der Waals surface area contributed by atoms with E-state index in [9.17, 15) is 4.79 Å². The second kappa shape index (κ2) is 5.72. The molecule has 0 radical (unpaired) electrons. The molecule has 2 rings (SSSR count). The van der Waals surface area contributed by atoms with Gasteiger partial charge in [-0.1, -0.05) is 0 Å². The van der Waals surface area contributed by atoms with Crippen LogP contribution in [0.2, 0.25) is 0 Å². The van der Waals surface area contributed by atoms with Crippen LogP contribution in [0.25, 0.3) is 0 Å². The first-order valence-corrected chi connectivity index (χ1v) is 5.43. The molecule has 90 valence electrons. The van der Waals surface area contributed by atoms with Gasteiger partial charge >= 0.3 is 0 Å². The fourth-order valence-electron chi connectivity index (χ4n) is 1.38. The van der Waals surface area contributed by atoms with E-state index < -0.39 is 0 Å². The minimum atomic E-state index is 0.624. The molecule has 0 fully saturated rings. The molecule has 0 aliphatic carbocycles. The Hall–Kier alpha value is -2.49. The number of carbonyl (C=O) groups is 1. The van der Waals surface area contributed by atoms with Crippen molar-refractivity contribution in [3.8, 4) is 5.75 Å². The molecule has 0 saturated heterocycles. The summed E-state index contributed by atoms with van der Waals surface area (Å²) in [6.07, 6.45) is 0.796. The number of hydrogen-bond acceptors (Lipinski definition) is 4. The van der Waals surface area contributed by atoms with Crippen molar-refractivity contribution in [2.24, 2.45) is 10.2 Å². The van der Waals surface area contributed by atoms with Gasteiger partial charge in [0, 0.05) is 5.56 Å². The molecule has 0 amide bonds. The molecule has 2 aromatic carbocycles. The Kier molecular flexibility index (Phi) is 3.81. The first kappa shape index (κ1) is 12.0. The fraction of sp³-hybridized carbons (Fsp3) is 0.0714. The normalized spacial score (nSPS) is 10.5. The number of hydrogen-bond donors (Lipinski definition) is 0. The van der Waals surface area contributed by atoms with Gasteiger partial charge in [0.2, 0.25) is 0 Å². The standard InChI is InChI=1S/C14H12N2O2/c1-18-14-8-6-13(7-9-14)16-15-12-4-2-11(10-17)3-5-12/h2-10H,1H3. The summed E-state index contributed by atoms with van der Waals surface area (Å²) in [5, 5.41) is 8.16. The Morgan fingerprint density at radius 2 is 1.39 bits per heavy atom. The maximum absolute atomic E-state index is 10.5. The van der Waals surface area contributed by atoms with Crippen molar-refractivity contribution in [2.45, 2.75) is 0 Å². The molecular weight excluding hydrogens is 228 g/mol. The minimum absolute atomic E-state index is 0.624. The first-order chi connectivity index (χ1) is 8.81. The summed E-state index contributed by atoms with van der Waals surface area (Å²) < 4.78 is 5.05. The van der Waals surface area contributed by atoms with E-state index in [2.05, 4.69) is 10.2 Å². The largest absolute Gasteiger partial charge is 0.497 e. The number of ether oxygens (including phenoxy) is 1. The van der Waals surface area contributed by atoms with E-state index in [-0.39, 0.29) is 0 Å². The lowest BCUT2D eigenvalue weighted by molar-refractivity contribution is 0.112.